The number of hydrogen-bond acceptors (Lipinski definition) is 8. The van der Waals surface area contributed by atoms with Gasteiger partial charge in [-0.3, -0.25) is 49.0 Å². The predicted octanol–water partition coefficient (Wildman–Crippen LogP) is 1.35. The third-order valence-corrected chi connectivity index (χ3v) is 8.77. The molecule has 8 amide bonds. The van der Waals surface area contributed by atoms with Crippen LogP contribution in [0.2, 0.25) is 0 Å². The Hall–Kier alpha value is -5.40. The minimum Gasteiger partial charge on any atom is -0.326 e. The summed E-state index contributed by atoms with van der Waals surface area (Å²) in [5.41, 5.74) is 2.95. The smallest absolute Gasteiger partial charge is 0.255 e. The van der Waals surface area contributed by atoms with Crippen molar-refractivity contribution in [1.82, 2.24) is 20.4 Å². The van der Waals surface area contributed by atoms with E-state index in [0.717, 1.165) is 0 Å². The normalized spacial score (nSPS) is 20.7. The Morgan fingerprint density at radius 3 is 1.46 bits per heavy atom. The molecular formula is C32H32N6O8. The lowest BCUT2D eigenvalue weighted by atomic mass is 10.0. The maximum Gasteiger partial charge on any atom is 0.255 e. The van der Waals surface area contributed by atoms with Crippen molar-refractivity contribution in [3.8, 4) is 0 Å². The minimum atomic E-state index is -0.756. The third-order valence-electron chi connectivity index (χ3n) is 8.77. The highest BCUT2D eigenvalue weighted by atomic mass is 16.2. The van der Waals surface area contributed by atoms with E-state index < -0.39 is 23.9 Å². The summed E-state index contributed by atoms with van der Waals surface area (Å²) in [5, 5.41) is 10.2. The minimum absolute atomic E-state index is 0.136. The summed E-state index contributed by atoms with van der Waals surface area (Å²) in [6, 6.07) is 8.46. The predicted molar refractivity (Wildman–Crippen MR) is 161 cm³/mol. The van der Waals surface area contributed by atoms with Gasteiger partial charge in [0.25, 0.3) is 11.8 Å². The first-order valence-corrected chi connectivity index (χ1v) is 15.2. The molecule has 0 spiro atoms. The van der Waals surface area contributed by atoms with Crippen molar-refractivity contribution in [2.24, 2.45) is 0 Å². The molecule has 2 unspecified atom stereocenters. The van der Waals surface area contributed by atoms with Crippen LogP contribution < -0.4 is 21.3 Å². The van der Waals surface area contributed by atoms with Crippen LogP contribution in [0.5, 0.6) is 0 Å². The lowest BCUT2D eigenvalue weighted by Crippen LogP contribution is -2.52. The summed E-state index contributed by atoms with van der Waals surface area (Å²) in [4.78, 5) is 102. The summed E-state index contributed by atoms with van der Waals surface area (Å²) in [6.07, 6.45) is 1.89. The van der Waals surface area contributed by atoms with Crippen LogP contribution in [0.15, 0.2) is 36.4 Å². The number of fused-ring (bicyclic) bond motifs is 2. The fraction of sp³-hybridized carbons (Fsp3) is 0.375. The molecular weight excluding hydrogens is 596 g/mol. The van der Waals surface area contributed by atoms with E-state index in [-0.39, 0.29) is 87.1 Å². The van der Waals surface area contributed by atoms with Gasteiger partial charge in [0.1, 0.15) is 12.1 Å². The van der Waals surface area contributed by atoms with Gasteiger partial charge in [-0.2, -0.15) is 0 Å². The Labute approximate surface area is 263 Å². The molecule has 238 valence electrons. The van der Waals surface area contributed by atoms with Gasteiger partial charge in [0.15, 0.2) is 0 Å². The molecule has 2 atom stereocenters. The van der Waals surface area contributed by atoms with E-state index in [2.05, 4.69) is 21.3 Å². The number of rotatable bonds is 9. The standard InChI is InChI=1S/C32H32N6O8/c39-25(33-21-7-3-5-17-19(21)15-37(31(17)45)23-11-13-27(41)35-29(23)43)9-1-2-10-26(40)34-22-8-4-6-18-20(22)16-38(32(18)46)24-12-14-28(42)36-30(24)44/h3-8,23-24H,1-2,9-16H2,(H,33,39)(H,34,40)(H,35,41,43)(H,36,42,44). The van der Waals surface area contributed by atoms with Gasteiger partial charge in [0.05, 0.1) is 0 Å². The maximum atomic E-state index is 13.0. The fourth-order valence-corrected chi connectivity index (χ4v) is 6.40. The number of anilines is 2. The zero-order chi connectivity index (χ0) is 32.5. The van der Waals surface area contributed by atoms with Gasteiger partial charge >= 0.3 is 0 Å². The average Bonchev–Trinajstić information content (AvgIpc) is 3.53. The van der Waals surface area contributed by atoms with Crippen LogP contribution in [0.3, 0.4) is 0 Å². The van der Waals surface area contributed by atoms with Crippen molar-refractivity contribution < 1.29 is 38.4 Å². The summed E-state index contributed by atoms with van der Waals surface area (Å²) < 4.78 is 0. The first kappa shape index (κ1) is 30.6. The van der Waals surface area contributed by atoms with Crippen LogP contribution in [0, 0.1) is 0 Å². The van der Waals surface area contributed by atoms with Gasteiger partial charge in [0, 0.05) is 72.4 Å². The number of carbonyl (C=O) groups is 8. The largest absolute Gasteiger partial charge is 0.326 e. The van der Waals surface area contributed by atoms with Crippen LogP contribution in [0.4, 0.5) is 11.4 Å². The highest BCUT2D eigenvalue weighted by Crippen LogP contribution is 2.34. The van der Waals surface area contributed by atoms with Gasteiger partial charge < -0.3 is 20.4 Å². The first-order chi connectivity index (χ1) is 22.1. The van der Waals surface area contributed by atoms with Crippen molar-refractivity contribution in [2.45, 2.75) is 76.5 Å². The number of hydrogen-bond donors (Lipinski definition) is 4. The van der Waals surface area contributed by atoms with Crippen LogP contribution in [0.25, 0.3) is 0 Å². The highest BCUT2D eigenvalue weighted by Gasteiger charge is 2.41. The Morgan fingerprint density at radius 1 is 0.652 bits per heavy atom. The molecule has 6 rings (SSSR count). The second-order valence-corrected chi connectivity index (χ2v) is 11.8. The van der Waals surface area contributed by atoms with Gasteiger partial charge in [-0.15, -0.1) is 0 Å². The number of piperidine rings is 2. The van der Waals surface area contributed by atoms with Crippen LogP contribution in [-0.2, 0) is 41.9 Å². The molecule has 2 saturated heterocycles. The lowest BCUT2D eigenvalue weighted by molar-refractivity contribution is -0.138. The lowest BCUT2D eigenvalue weighted by Gasteiger charge is -2.29. The molecule has 2 aromatic carbocycles. The van der Waals surface area contributed by atoms with Crippen molar-refractivity contribution in [3.05, 3.63) is 58.7 Å². The number of carbonyl (C=O) groups excluding carboxylic acids is 8. The second-order valence-electron chi connectivity index (χ2n) is 11.8. The zero-order valence-electron chi connectivity index (χ0n) is 24.9. The van der Waals surface area contributed by atoms with E-state index in [1.807, 2.05) is 0 Å². The van der Waals surface area contributed by atoms with E-state index in [1.165, 1.54) is 9.80 Å². The van der Waals surface area contributed by atoms with E-state index in [4.69, 9.17) is 0 Å². The molecule has 4 heterocycles. The molecule has 0 radical (unpaired) electrons. The van der Waals surface area contributed by atoms with Gasteiger partial charge in [-0.05, 0) is 49.9 Å². The van der Waals surface area contributed by atoms with Crippen LogP contribution in [0.1, 0.15) is 83.2 Å². The summed E-state index contributed by atoms with van der Waals surface area (Å²) in [5.74, 6) is -2.98. The fourth-order valence-electron chi connectivity index (χ4n) is 6.40. The maximum absolute atomic E-state index is 13.0. The molecule has 0 aliphatic carbocycles. The summed E-state index contributed by atoms with van der Waals surface area (Å²) >= 11 is 0. The van der Waals surface area contributed by atoms with Gasteiger partial charge in [0.2, 0.25) is 35.4 Å². The molecule has 0 saturated carbocycles. The Balaban J connectivity index is 0.986. The molecule has 14 nitrogen and oxygen atoms in total. The number of unbranched alkanes of at least 4 members (excludes halogenated alkanes) is 1. The molecule has 0 aromatic heterocycles. The second kappa shape index (κ2) is 12.5. The van der Waals surface area contributed by atoms with Crippen LogP contribution >= 0.6 is 0 Å². The molecule has 14 heteroatoms. The molecule has 2 fully saturated rings. The summed E-state index contributed by atoms with van der Waals surface area (Å²) in [6.45, 7) is 0.272. The zero-order valence-corrected chi connectivity index (χ0v) is 24.9. The van der Waals surface area contributed by atoms with Crippen molar-refractivity contribution >= 4 is 58.6 Å². The Kier molecular flexibility index (Phi) is 8.35. The molecule has 2 aromatic rings. The van der Waals surface area contributed by atoms with E-state index in [0.29, 0.717) is 46.5 Å². The summed E-state index contributed by atoms with van der Waals surface area (Å²) in [7, 11) is 0. The highest BCUT2D eigenvalue weighted by molar-refractivity contribution is 6.08. The van der Waals surface area contributed by atoms with Crippen LogP contribution in [-0.4, -0.2) is 69.1 Å². The van der Waals surface area contributed by atoms with Gasteiger partial charge in [-0.25, -0.2) is 0 Å². The van der Waals surface area contributed by atoms with Gasteiger partial charge in [-0.1, -0.05) is 12.1 Å². The molecule has 4 aliphatic heterocycles. The Bertz CT molecular complexity index is 1580. The number of nitrogens with zero attached hydrogens (tertiary/aromatic N) is 2. The Morgan fingerprint density at radius 2 is 1.07 bits per heavy atom. The quantitative estimate of drug-likeness (QED) is 0.236. The number of amides is 8. The molecule has 4 aliphatic rings. The van der Waals surface area contributed by atoms with E-state index in [9.17, 15) is 38.4 Å². The van der Waals surface area contributed by atoms with Crippen molar-refractivity contribution in [3.63, 3.8) is 0 Å². The van der Waals surface area contributed by atoms with E-state index >= 15 is 0 Å². The van der Waals surface area contributed by atoms with Crippen molar-refractivity contribution in [1.29, 1.82) is 0 Å². The SMILES string of the molecule is O=C1CCC(N2Cc3c(NC(=O)CCCCC(=O)Nc4cccc5c4CN(C4CCC(=O)NC4=O)C5=O)cccc3C2=O)C(=O)N1. The number of benzene rings is 2. The molecule has 4 N–H and O–H groups in total. The number of nitrogens with one attached hydrogen (secondary N) is 4. The first-order valence-electron chi connectivity index (χ1n) is 15.2. The third kappa shape index (κ3) is 5.97. The van der Waals surface area contributed by atoms with E-state index in [1.54, 1.807) is 36.4 Å². The molecule has 0 bridgehead atoms. The monoisotopic (exact) mass is 628 g/mol. The molecule has 46 heavy (non-hydrogen) atoms. The van der Waals surface area contributed by atoms with Crippen molar-refractivity contribution in [2.75, 3.05) is 10.6 Å². The number of imide groups is 2. The average molecular weight is 629 g/mol. The topological polar surface area (TPSA) is 191 Å².